The first-order valence-electron chi connectivity index (χ1n) is 14.5. The number of hydrazine groups is 1. The molecule has 10 heteroatoms. The molecule has 3 rings (SSSR count). The van der Waals surface area contributed by atoms with E-state index < -0.39 is 11.8 Å². The Morgan fingerprint density at radius 3 is 1.98 bits per heavy atom. The number of hydrogen-bond donors (Lipinski definition) is 4. The quantitative estimate of drug-likeness (QED) is 0.0987. The van der Waals surface area contributed by atoms with Crippen LogP contribution in [0.15, 0.2) is 42.5 Å². The van der Waals surface area contributed by atoms with E-state index in [-0.39, 0.29) is 43.2 Å². The number of phenolic OH excluding ortho intramolecular Hbond substituents is 1. The number of carbonyl (C=O) groups excluding carboxylic acids is 3. The fraction of sp³-hybridized carbons (Fsp3) is 0.406. The van der Waals surface area contributed by atoms with Gasteiger partial charge in [-0.05, 0) is 36.8 Å². The van der Waals surface area contributed by atoms with Crippen LogP contribution in [0, 0.1) is 0 Å². The van der Waals surface area contributed by atoms with Crippen molar-refractivity contribution in [1.82, 2.24) is 10.9 Å². The van der Waals surface area contributed by atoms with Crippen LogP contribution >= 0.6 is 34.8 Å². The summed E-state index contributed by atoms with van der Waals surface area (Å²) < 4.78 is 0. The standard InChI is InChI=1S/C32H38Cl3N3O4/c1-2-3-4-5-6-7-8-9-10-11-12-16-28(39)36-27-15-13-14-22-29(27)26(35)20-23(30(22)40)32(42)38-37-31(41)21-17-18-24(33)25(34)19-21/h13-15,17-20,40H,2-12,16H2,1H3,(H,36,39)(H,37,41)(H,38,42). The summed E-state index contributed by atoms with van der Waals surface area (Å²) >= 11 is 18.3. The molecule has 4 N–H and O–H groups in total. The molecule has 0 aliphatic carbocycles. The number of halogens is 3. The maximum atomic E-state index is 12.8. The fourth-order valence-corrected chi connectivity index (χ4v) is 5.36. The highest BCUT2D eigenvalue weighted by Gasteiger charge is 2.20. The van der Waals surface area contributed by atoms with Crippen molar-refractivity contribution in [3.63, 3.8) is 0 Å². The van der Waals surface area contributed by atoms with Gasteiger partial charge >= 0.3 is 0 Å². The minimum Gasteiger partial charge on any atom is -0.506 e. The van der Waals surface area contributed by atoms with Crippen LogP contribution in [0.5, 0.6) is 5.75 Å². The van der Waals surface area contributed by atoms with Crippen molar-refractivity contribution < 1.29 is 19.5 Å². The van der Waals surface area contributed by atoms with Crippen LogP contribution in [-0.4, -0.2) is 22.8 Å². The minimum absolute atomic E-state index is 0.138. The van der Waals surface area contributed by atoms with E-state index >= 15 is 0 Å². The van der Waals surface area contributed by atoms with E-state index in [9.17, 15) is 19.5 Å². The molecule has 0 radical (unpaired) electrons. The lowest BCUT2D eigenvalue weighted by molar-refractivity contribution is -0.116. The van der Waals surface area contributed by atoms with Crippen molar-refractivity contribution in [3.05, 3.63) is 68.7 Å². The minimum atomic E-state index is -0.782. The molecule has 3 amide bonds. The Morgan fingerprint density at radius 1 is 0.714 bits per heavy atom. The SMILES string of the molecule is CCCCCCCCCCCCCC(=O)Nc1cccc2c(O)c(C(=O)NNC(=O)c3ccc(Cl)c(Cl)c3)cc(Cl)c12. The first-order chi connectivity index (χ1) is 20.2. The second kappa shape index (κ2) is 17.2. The van der Waals surface area contributed by atoms with Crippen LogP contribution in [-0.2, 0) is 4.79 Å². The molecule has 0 spiro atoms. The highest BCUT2D eigenvalue weighted by Crippen LogP contribution is 2.38. The highest BCUT2D eigenvalue weighted by atomic mass is 35.5. The Hall–Kier alpha value is -3.00. The van der Waals surface area contributed by atoms with Crippen molar-refractivity contribution in [2.24, 2.45) is 0 Å². The van der Waals surface area contributed by atoms with E-state index in [1.807, 2.05) is 0 Å². The summed E-state index contributed by atoms with van der Waals surface area (Å²) in [5, 5.41) is 15.1. The maximum absolute atomic E-state index is 12.8. The maximum Gasteiger partial charge on any atom is 0.273 e. The normalized spacial score (nSPS) is 11.0. The lowest BCUT2D eigenvalue weighted by atomic mass is 10.0. The number of fused-ring (bicyclic) bond motifs is 1. The van der Waals surface area contributed by atoms with E-state index in [2.05, 4.69) is 23.1 Å². The molecule has 42 heavy (non-hydrogen) atoms. The summed E-state index contributed by atoms with van der Waals surface area (Å²) in [5.74, 6) is -1.88. The zero-order valence-corrected chi connectivity index (χ0v) is 26.1. The van der Waals surface area contributed by atoms with Gasteiger partial charge in [-0.3, -0.25) is 25.2 Å². The number of benzene rings is 3. The molecule has 0 aliphatic heterocycles. The van der Waals surface area contributed by atoms with Gasteiger partial charge in [0.1, 0.15) is 5.75 Å². The third kappa shape index (κ3) is 9.79. The van der Waals surface area contributed by atoms with Gasteiger partial charge in [-0.25, -0.2) is 0 Å². The van der Waals surface area contributed by atoms with Crippen LogP contribution in [0.25, 0.3) is 10.8 Å². The molecule has 0 bridgehead atoms. The number of anilines is 1. The number of amides is 3. The van der Waals surface area contributed by atoms with Crippen LogP contribution in [0.3, 0.4) is 0 Å². The van der Waals surface area contributed by atoms with Gasteiger partial charge in [-0.2, -0.15) is 0 Å². The molecule has 3 aromatic carbocycles. The van der Waals surface area contributed by atoms with Crippen LogP contribution in [0.2, 0.25) is 15.1 Å². The average molecular weight is 635 g/mol. The molecule has 0 heterocycles. The predicted molar refractivity (Wildman–Crippen MR) is 172 cm³/mol. The zero-order chi connectivity index (χ0) is 30.5. The van der Waals surface area contributed by atoms with Crippen LogP contribution < -0.4 is 16.2 Å². The monoisotopic (exact) mass is 633 g/mol. The van der Waals surface area contributed by atoms with E-state index in [1.54, 1.807) is 18.2 Å². The molecule has 0 unspecified atom stereocenters. The van der Waals surface area contributed by atoms with Gasteiger partial charge < -0.3 is 10.4 Å². The van der Waals surface area contributed by atoms with Crippen molar-refractivity contribution in [2.45, 2.75) is 84.0 Å². The molecule has 7 nitrogen and oxygen atoms in total. The topological polar surface area (TPSA) is 108 Å². The molecule has 0 saturated heterocycles. The van der Waals surface area contributed by atoms with Crippen molar-refractivity contribution in [2.75, 3.05) is 5.32 Å². The van der Waals surface area contributed by atoms with Gasteiger partial charge in [0.25, 0.3) is 11.8 Å². The average Bonchev–Trinajstić information content (AvgIpc) is 2.97. The number of phenols is 1. The summed E-state index contributed by atoms with van der Waals surface area (Å²) in [4.78, 5) is 37.9. The fourth-order valence-electron chi connectivity index (χ4n) is 4.75. The lowest BCUT2D eigenvalue weighted by Crippen LogP contribution is -2.41. The zero-order valence-electron chi connectivity index (χ0n) is 23.8. The Labute approximate surface area is 262 Å². The highest BCUT2D eigenvalue weighted by molar-refractivity contribution is 6.42. The van der Waals surface area contributed by atoms with Crippen LogP contribution in [0.4, 0.5) is 5.69 Å². The summed E-state index contributed by atoms with van der Waals surface area (Å²) in [7, 11) is 0. The number of aromatic hydroxyl groups is 1. The number of carbonyl (C=O) groups is 3. The van der Waals surface area contributed by atoms with Crippen molar-refractivity contribution in [3.8, 4) is 5.75 Å². The Bertz CT molecular complexity index is 1400. The number of nitrogens with one attached hydrogen (secondary N) is 3. The second-order valence-electron chi connectivity index (χ2n) is 10.4. The summed E-state index contributed by atoms with van der Waals surface area (Å²) in [5.41, 5.74) is 5.01. The molecule has 3 aromatic rings. The number of rotatable bonds is 15. The van der Waals surface area contributed by atoms with Crippen molar-refractivity contribution >= 4 is 69.0 Å². The molecule has 0 fully saturated rings. The smallest absolute Gasteiger partial charge is 0.273 e. The number of hydrogen-bond acceptors (Lipinski definition) is 4. The van der Waals surface area contributed by atoms with Gasteiger partial charge in [-0.1, -0.05) is 118 Å². The summed E-state index contributed by atoms with van der Waals surface area (Å²) in [6.45, 7) is 2.23. The van der Waals surface area contributed by atoms with Gasteiger partial charge in [0.2, 0.25) is 5.91 Å². The van der Waals surface area contributed by atoms with Gasteiger partial charge in [0.15, 0.2) is 0 Å². The van der Waals surface area contributed by atoms with Gasteiger partial charge in [-0.15, -0.1) is 0 Å². The Balaban J connectivity index is 1.53. The van der Waals surface area contributed by atoms with E-state index in [4.69, 9.17) is 34.8 Å². The molecule has 0 saturated carbocycles. The van der Waals surface area contributed by atoms with E-state index in [0.717, 1.165) is 19.3 Å². The Morgan fingerprint density at radius 2 is 1.33 bits per heavy atom. The first kappa shape index (κ1) is 33.5. The van der Waals surface area contributed by atoms with E-state index in [0.29, 0.717) is 17.5 Å². The largest absolute Gasteiger partial charge is 0.506 e. The third-order valence-corrected chi connectivity index (χ3v) is 8.12. The molecule has 0 aromatic heterocycles. The van der Waals surface area contributed by atoms with E-state index in [1.165, 1.54) is 75.6 Å². The summed E-state index contributed by atoms with van der Waals surface area (Å²) in [6.07, 6.45) is 13.6. The van der Waals surface area contributed by atoms with Gasteiger partial charge in [0, 0.05) is 22.8 Å². The predicted octanol–water partition coefficient (Wildman–Crippen LogP) is 9.22. The first-order valence-corrected chi connectivity index (χ1v) is 15.7. The molecule has 0 aliphatic rings. The number of unbranched alkanes of at least 4 members (excludes halogenated alkanes) is 10. The molecule has 226 valence electrons. The van der Waals surface area contributed by atoms with Crippen molar-refractivity contribution in [1.29, 1.82) is 0 Å². The molecular weight excluding hydrogens is 597 g/mol. The Kier molecular flexibility index (Phi) is 13.7. The summed E-state index contributed by atoms with van der Waals surface area (Å²) in [6, 6.07) is 10.5. The molecular formula is C32H38Cl3N3O4. The molecule has 0 atom stereocenters. The lowest BCUT2D eigenvalue weighted by Gasteiger charge is -2.14. The third-order valence-electron chi connectivity index (χ3n) is 7.08. The van der Waals surface area contributed by atoms with Gasteiger partial charge in [0.05, 0.1) is 26.3 Å². The second-order valence-corrected chi connectivity index (χ2v) is 11.6. The van der Waals surface area contributed by atoms with Crippen LogP contribution in [0.1, 0.15) is 105 Å².